The molecular weight excluding hydrogens is 316 g/mol. The highest BCUT2D eigenvalue weighted by molar-refractivity contribution is 5.94. The van der Waals surface area contributed by atoms with Crippen LogP contribution >= 0.6 is 0 Å². The van der Waals surface area contributed by atoms with E-state index in [0.29, 0.717) is 13.1 Å². The number of anilines is 1. The fourth-order valence-electron chi connectivity index (χ4n) is 3.11. The fourth-order valence-corrected chi connectivity index (χ4v) is 3.11. The van der Waals surface area contributed by atoms with Gasteiger partial charge in [0, 0.05) is 18.8 Å². The lowest BCUT2D eigenvalue weighted by atomic mass is 9.96. The number of aryl methyl sites for hydroxylation is 2. The molecule has 0 aromatic heterocycles. The van der Waals surface area contributed by atoms with Crippen LogP contribution in [0.5, 0.6) is 0 Å². The Morgan fingerprint density at radius 2 is 2.04 bits per heavy atom. The minimum atomic E-state index is -0.524. The molecule has 0 aliphatic carbocycles. The first kappa shape index (κ1) is 19.3. The highest BCUT2D eigenvalue weighted by Gasteiger charge is 2.31. The molecule has 2 amide bonds. The van der Waals surface area contributed by atoms with Crippen LogP contribution in [0, 0.1) is 12.8 Å². The summed E-state index contributed by atoms with van der Waals surface area (Å²) in [5, 5.41) is 3.09. The lowest BCUT2D eigenvalue weighted by Gasteiger charge is -2.33. The van der Waals surface area contributed by atoms with Crippen molar-refractivity contribution in [3.63, 3.8) is 0 Å². The number of hydrogen-bond donors (Lipinski definition) is 1. The number of ether oxygens (including phenoxy) is 1. The summed E-state index contributed by atoms with van der Waals surface area (Å²) in [6.07, 6.45) is 2.13. The van der Waals surface area contributed by atoms with Crippen molar-refractivity contribution in [2.24, 2.45) is 5.92 Å². The standard InChI is InChI=1S/C20H30N2O3/c1-6-15-10-7-9-14(2)17(15)21-18(23)16-11-8-12-22(13-16)19(24)25-20(3,4)5/h7,9-10,16H,6,8,11-13H2,1-5H3,(H,21,23). The van der Waals surface area contributed by atoms with E-state index in [2.05, 4.69) is 12.2 Å². The molecule has 1 N–H and O–H groups in total. The summed E-state index contributed by atoms with van der Waals surface area (Å²) in [4.78, 5) is 26.7. The van der Waals surface area contributed by atoms with Crippen molar-refractivity contribution in [1.82, 2.24) is 4.90 Å². The van der Waals surface area contributed by atoms with E-state index >= 15 is 0 Å². The molecule has 0 bridgehead atoms. The Bertz CT molecular complexity index is 634. The number of rotatable bonds is 3. The average Bonchev–Trinajstić information content (AvgIpc) is 2.55. The van der Waals surface area contributed by atoms with E-state index in [-0.39, 0.29) is 17.9 Å². The summed E-state index contributed by atoms with van der Waals surface area (Å²) in [6, 6.07) is 6.05. The van der Waals surface area contributed by atoms with Gasteiger partial charge in [0.05, 0.1) is 5.92 Å². The van der Waals surface area contributed by atoms with Gasteiger partial charge in [-0.05, 0) is 58.1 Å². The van der Waals surface area contributed by atoms with Gasteiger partial charge in [-0.2, -0.15) is 0 Å². The first-order valence-corrected chi connectivity index (χ1v) is 9.08. The maximum absolute atomic E-state index is 12.8. The lowest BCUT2D eigenvalue weighted by Crippen LogP contribution is -2.45. The molecule has 0 radical (unpaired) electrons. The van der Waals surface area contributed by atoms with Crippen molar-refractivity contribution >= 4 is 17.7 Å². The van der Waals surface area contributed by atoms with Crippen LogP contribution in [0.2, 0.25) is 0 Å². The zero-order valence-electron chi connectivity index (χ0n) is 16.0. The number of likely N-dealkylation sites (tertiary alicyclic amines) is 1. The number of carbonyl (C=O) groups excluding carboxylic acids is 2. The van der Waals surface area contributed by atoms with Crippen LogP contribution in [0.3, 0.4) is 0 Å². The van der Waals surface area contributed by atoms with Gasteiger partial charge >= 0.3 is 6.09 Å². The average molecular weight is 346 g/mol. The molecule has 5 nitrogen and oxygen atoms in total. The molecule has 1 aromatic carbocycles. The first-order valence-electron chi connectivity index (χ1n) is 9.08. The van der Waals surface area contributed by atoms with Crippen molar-refractivity contribution in [3.05, 3.63) is 29.3 Å². The molecule has 138 valence electrons. The number of benzene rings is 1. The predicted octanol–water partition coefficient (Wildman–Crippen LogP) is 4.14. The minimum absolute atomic E-state index is 0.0164. The second-order valence-corrected chi connectivity index (χ2v) is 7.72. The third kappa shape index (κ3) is 5.21. The van der Waals surface area contributed by atoms with Gasteiger partial charge in [-0.15, -0.1) is 0 Å². The maximum atomic E-state index is 12.8. The van der Waals surface area contributed by atoms with E-state index in [1.807, 2.05) is 45.9 Å². The Morgan fingerprint density at radius 1 is 1.32 bits per heavy atom. The van der Waals surface area contributed by atoms with Gasteiger partial charge in [0.15, 0.2) is 0 Å². The molecule has 1 heterocycles. The molecule has 1 fully saturated rings. The summed E-state index contributed by atoms with van der Waals surface area (Å²) < 4.78 is 5.43. The van der Waals surface area contributed by atoms with E-state index in [0.717, 1.165) is 36.1 Å². The monoisotopic (exact) mass is 346 g/mol. The SMILES string of the molecule is CCc1cccc(C)c1NC(=O)C1CCCN(C(=O)OC(C)(C)C)C1. The van der Waals surface area contributed by atoms with E-state index in [1.54, 1.807) is 4.90 Å². The number of nitrogens with zero attached hydrogens (tertiary/aromatic N) is 1. The Hall–Kier alpha value is -2.04. The molecule has 2 rings (SSSR count). The van der Waals surface area contributed by atoms with E-state index in [9.17, 15) is 9.59 Å². The number of hydrogen-bond acceptors (Lipinski definition) is 3. The summed E-state index contributed by atoms with van der Waals surface area (Å²) in [7, 11) is 0. The second-order valence-electron chi connectivity index (χ2n) is 7.72. The number of carbonyl (C=O) groups is 2. The second kappa shape index (κ2) is 7.89. The lowest BCUT2D eigenvalue weighted by molar-refractivity contribution is -0.121. The van der Waals surface area contributed by atoms with Crippen LogP contribution in [0.15, 0.2) is 18.2 Å². The van der Waals surface area contributed by atoms with Crippen LogP contribution in [-0.4, -0.2) is 35.6 Å². The molecule has 1 aliphatic rings. The summed E-state index contributed by atoms with van der Waals surface area (Å²) in [5.41, 5.74) is 2.58. The van der Waals surface area contributed by atoms with Crippen molar-refractivity contribution in [3.8, 4) is 0 Å². The van der Waals surface area contributed by atoms with Crippen LogP contribution in [0.1, 0.15) is 51.7 Å². The number of nitrogens with one attached hydrogen (secondary N) is 1. The van der Waals surface area contributed by atoms with E-state index in [4.69, 9.17) is 4.74 Å². The van der Waals surface area contributed by atoms with Gasteiger partial charge in [-0.25, -0.2) is 4.79 Å². The molecule has 5 heteroatoms. The van der Waals surface area contributed by atoms with Crippen molar-refractivity contribution in [1.29, 1.82) is 0 Å². The number of amides is 2. The van der Waals surface area contributed by atoms with Crippen LogP contribution in [0.25, 0.3) is 0 Å². The fraction of sp³-hybridized carbons (Fsp3) is 0.600. The molecule has 1 unspecified atom stereocenters. The third-order valence-electron chi connectivity index (χ3n) is 4.43. The zero-order chi connectivity index (χ0) is 18.6. The summed E-state index contributed by atoms with van der Waals surface area (Å²) in [5.74, 6) is -0.220. The Balaban J connectivity index is 2.04. The van der Waals surface area contributed by atoms with Gasteiger partial charge in [-0.1, -0.05) is 25.1 Å². The predicted molar refractivity (Wildman–Crippen MR) is 99.7 cm³/mol. The van der Waals surface area contributed by atoms with Gasteiger partial charge in [-0.3, -0.25) is 4.79 Å². The van der Waals surface area contributed by atoms with Crippen LogP contribution < -0.4 is 5.32 Å². The number of para-hydroxylation sites is 1. The molecule has 25 heavy (non-hydrogen) atoms. The number of piperidine rings is 1. The van der Waals surface area contributed by atoms with Crippen LogP contribution in [-0.2, 0) is 16.0 Å². The van der Waals surface area contributed by atoms with Crippen LogP contribution in [0.4, 0.5) is 10.5 Å². The van der Waals surface area contributed by atoms with E-state index < -0.39 is 5.60 Å². The van der Waals surface area contributed by atoms with Gasteiger partial charge < -0.3 is 15.0 Å². The van der Waals surface area contributed by atoms with Crippen molar-refractivity contribution < 1.29 is 14.3 Å². The first-order chi connectivity index (χ1) is 11.7. The Morgan fingerprint density at radius 3 is 2.68 bits per heavy atom. The molecule has 1 saturated heterocycles. The Labute approximate surface area is 150 Å². The van der Waals surface area contributed by atoms with Crippen molar-refractivity contribution in [2.75, 3.05) is 18.4 Å². The normalized spacial score (nSPS) is 18.0. The van der Waals surface area contributed by atoms with Gasteiger partial charge in [0.1, 0.15) is 5.60 Å². The minimum Gasteiger partial charge on any atom is -0.444 e. The van der Waals surface area contributed by atoms with E-state index in [1.165, 1.54) is 0 Å². The summed E-state index contributed by atoms with van der Waals surface area (Å²) >= 11 is 0. The summed E-state index contributed by atoms with van der Waals surface area (Å²) in [6.45, 7) is 10.7. The maximum Gasteiger partial charge on any atom is 0.410 e. The third-order valence-corrected chi connectivity index (χ3v) is 4.43. The Kier molecular flexibility index (Phi) is 6.09. The molecule has 0 saturated carbocycles. The van der Waals surface area contributed by atoms with Gasteiger partial charge in [0.2, 0.25) is 5.91 Å². The largest absolute Gasteiger partial charge is 0.444 e. The quantitative estimate of drug-likeness (QED) is 0.895. The zero-order valence-corrected chi connectivity index (χ0v) is 16.0. The van der Waals surface area contributed by atoms with Crippen molar-refractivity contribution in [2.45, 2.75) is 59.5 Å². The molecular formula is C20H30N2O3. The smallest absolute Gasteiger partial charge is 0.410 e. The van der Waals surface area contributed by atoms with Gasteiger partial charge in [0.25, 0.3) is 0 Å². The topological polar surface area (TPSA) is 58.6 Å². The highest BCUT2D eigenvalue weighted by atomic mass is 16.6. The molecule has 1 aromatic rings. The molecule has 1 atom stereocenters. The highest BCUT2D eigenvalue weighted by Crippen LogP contribution is 2.25. The molecule has 0 spiro atoms. The molecule has 1 aliphatic heterocycles.